The van der Waals surface area contributed by atoms with Crippen molar-refractivity contribution >= 4 is 0 Å². The largest absolute Gasteiger partial charge is 0.394 e. The Labute approximate surface area is 133 Å². The van der Waals surface area contributed by atoms with Crippen molar-refractivity contribution in [3.63, 3.8) is 0 Å². The van der Waals surface area contributed by atoms with Crippen LogP contribution in [-0.2, 0) is 14.2 Å². The third kappa shape index (κ3) is 3.66. The zero-order valence-electron chi connectivity index (χ0n) is 13.5. The average Bonchev–Trinajstić information content (AvgIpc) is 2.57. The van der Waals surface area contributed by atoms with Crippen LogP contribution in [0.2, 0.25) is 0 Å². The van der Waals surface area contributed by atoms with Crippen molar-refractivity contribution in [2.45, 2.75) is 74.7 Å². The Morgan fingerprint density at radius 2 is 1.39 bits per heavy atom. The molecule has 0 radical (unpaired) electrons. The fourth-order valence-electron chi connectivity index (χ4n) is 2.54. The van der Waals surface area contributed by atoms with Crippen LogP contribution in [0.3, 0.4) is 0 Å². The van der Waals surface area contributed by atoms with E-state index in [0.717, 1.165) is 0 Å². The van der Waals surface area contributed by atoms with Gasteiger partial charge in [-0.15, -0.1) is 0 Å². The summed E-state index contributed by atoms with van der Waals surface area (Å²) in [6, 6.07) is 0. The Morgan fingerprint density at radius 1 is 0.826 bits per heavy atom. The highest BCUT2D eigenvalue weighted by molar-refractivity contribution is 4.92. The first-order valence-corrected chi connectivity index (χ1v) is 7.36. The second-order valence-corrected chi connectivity index (χ2v) is 5.62. The van der Waals surface area contributed by atoms with E-state index in [1.165, 1.54) is 0 Å². The van der Waals surface area contributed by atoms with Gasteiger partial charge in [0.2, 0.25) is 0 Å². The van der Waals surface area contributed by atoms with Gasteiger partial charge in [0, 0.05) is 0 Å². The summed E-state index contributed by atoms with van der Waals surface area (Å²) in [6.07, 6.45) is -16.8. The maximum absolute atomic E-state index is 9.99. The Bertz CT molecular complexity index is 424. The molecule has 136 valence electrons. The van der Waals surface area contributed by atoms with Crippen molar-refractivity contribution in [3.8, 4) is 0 Å². The van der Waals surface area contributed by atoms with Crippen LogP contribution in [0.5, 0.6) is 0 Å². The quantitative estimate of drug-likeness (QED) is 0.268. The summed E-state index contributed by atoms with van der Waals surface area (Å²) in [6.45, 7) is 0.921. The summed E-state index contributed by atoms with van der Waals surface area (Å²) in [5.41, 5.74) is 0. The fraction of sp³-hybridized carbons (Fsp3) is 1.00. The van der Waals surface area contributed by atoms with Crippen molar-refractivity contribution in [1.82, 2.24) is 0 Å². The van der Waals surface area contributed by atoms with Crippen LogP contribution in [0, 0.1) is 0 Å². The van der Waals surface area contributed by atoms with Crippen LogP contribution in [0.25, 0.3) is 0 Å². The van der Waals surface area contributed by atoms with Crippen LogP contribution < -0.4 is 0 Å². The summed E-state index contributed by atoms with van der Waals surface area (Å²) in [5.74, 6) is 0. The molecule has 7 N–H and O–H groups in total. The number of ether oxygens (including phenoxy) is 3. The highest BCUT2D eigenvalue weighted by Gasteiger charge is 2.49. The van der Waals surface area contributed by atoms with E-state index in [9.17, 15) is 30.6 Å². The number of aliphatic hydroxyl groups is 7. The van der Waals surface area contributed by atoms with Crippen LogP contribution in [0.15, 0.2) is 0 Å². The molecule has 0 spiro atoms. The average molecular weight is 341 g/mol. The lowest BCUT2D eigenvalue weighted by atomic mass is 9.97. The smallest absolute Gasteiger partial charge is 0.189 e. The molecule has 2 aliphatic heterocycles. The van der Waals surface area contributed by atoms with Gasteiger partial charge in [-0.25, -0.2) is 0 Å². The molecular formula is C13H24O10. The van der Waals surface area contributed by atoms with E-state index in [0.29, 0.717) is 0 Å². The van der Waals surface area contributed by atoms with Gasteiger partial charge in [0.1, 0.15) is 42.7 Å². The topological polar surface area (TPSA) is 169 Å². The fourth-order valence-corrected chi connectivity index (χ4v) is 2.54. The summed E-state index contributed by atoms with van der Waals surface area (Å²) in [5, 5.41) is 68.1. The Balaban J connectivity index is 2.18. The van der Waals surface area contributed by atoms with Crippen molar-refractivity contribution < 1.29 is 51.3 Å². The number of aliphatic hydroxyl groups excluding tert-OH is 7. The van der Waals surface area contributed by atoms with E-state index < -0.39 is 68.0 Å². The molecule has 2 aliphatic rings. The van der Waals surface area contributed by atoms with Gasteiger partial charge < -0.3 is 50.0 Å². The summed E-state index contributed by atoms with van der Waals surface area (Å²) in [4.78, 5) is 0. The first kappa shape index (κ1) is 17.4. The molecule has 0 aromatic carbocycles. The molecule has 0 aliphatic carbocycles. The first-order chi connectivity index (χ1) is 11.2. The molecular weight excluding hydrogens is 316 g/mol. The van der Waals surface area contributed by atoms with Crippen LogP contribution in [-0.4, -0.2) is 104 Å². The predicted molar refractivity (Wildman–Crippen MR) is 71.8 cm³/mol. The predicted octanol–water partition coefficient (Wildman–Crippen LogP) is -3.98. The van der Waals surface area contributed by atoms with E-state index in [1.54, 1.807) is 6.92 Å². The lowest BCUT2D eigenvalue weighted by molar-refractivity contribution is -0.375. The van der Waals surface area contributed by atoms with Gasteiger partial charge in [-0.2, -0.15) is 0 Å². The van der Waals surface area contributed by atoms with Crippen molar-refractivity contribution in [1.29, 1.82) is 0 Å². The molecule has 0 amide bonds. The van der Waals surface area contributed by atoms with E-state index in [4.69, 9.17) is 20.7 Å². The van der Waals surface area contributed by atoms with E-state index in [2.05, 4.69) is 0 Å². The normalized spacial score (nSPS) is 55.5. The van der Waals surface area contributed by atoms with Crippen LogP contribution in [0.1, 0.15) is 14.7 Å². The molecule has 23 heavy (non-hydrogen) atoms. The molecule has 10 heteroatoms. The molecule has 2 heterocycles. The molecule has 2 fully saturated rings. The van der Waals surface area contributed by atoms with E-state index in [1.807, 2.05) is 0 Å². The minimum atomic E-state index is -2.60. The Kier molecular flexibility index (Phi) is 5.80. The first-order valence-electron chi connectivity index (χ1n) is 7.86. The Morgan fingerprint density at radius 3 is 1.96 bits per heavy atom. The molecule has 10 atom stereocenters. The summed E-state index contributed by atoms with van der Waals surface area (Å²) in [7, 11) is 0. The zero-order chi connectivity index (χ0) is 18.2. The van der Waals surface area contributed by atoms with Crippen LogP contribution >= 0.6 is 0 Å². The molecule has 2 rings (SSSR count). The maximum atomic E-state index is 9.99. The lowest BCUT2D eigenvalue weighted by Crippen LogP contribution is -2.63. The highest BCUT2D eigenvalue weighted by Crippen LogP contribution is 2.28. The minimum absolute atomic E-state index is 0.198. The van der Waals surface area contributed by atoms with Gasteiger partial charge in [0.15, 0.2) is 12.6 Å². The number of rotatable bonds is 4. The lowest BCUT2D eigenvalue weighted by Gasteiger charge is -2.44. The maximum Gasteiger partial charge on any atom is 0.189 e. The van der Waals surface area contributed by atoms with Gasteiger partial charge in [-0.1, -0.05) is 6.92 Å². The van der Waals surface area contributed by atoms with Gasteiger partial charge in [0.05, 0.1) is 14.1 Å². The minimum Gasteiger partial charge on any atom is -0.394 e. The van der Waals surface area contributed by atoms with Crippen molar-refractivity contribution in [2.75, 3.05) is 6.61 Å². The Hall–Kier alpha value is -0.400. The standard InChI is InChI=1S/C13H24O10/c1-2-4-6(15)8(17)10(19)12(21-4)23-13-11(20)9(18)7(16)5(3-14)22-13/h4-20H,2-3H2,1H3/t4?,5?,6-,7-,8?,9+,10?,11?,12+,13+/m1/s1/i12D. The van der Waals surface area contributed by atoms with Gasteiger partial charge in [-0.3, -0.25) is 0 Å². The molecule has 5 unspecified atom stereocenters. The van der Waals surface area contributed by atoms with Gasteiger partial charge >= 0.3 is 0 Å². The van der Waals surface area contributed by atoms with Crippen molar-refractivity contribution in [3.05, 3.63) is 0 Å². The molecule has 0 saturated carbocycles. The third-order valence-electron chi connectivity index (χ3n) is 4.05. The highest BCUT2D eigenvalue weighted by atomic mass is 16.8. The summed E-state index contributed by atoms with van der Waals surface area (Å²) < 4.78 is 23.5. The summed E-state index contributed by atoms with van der Waals surface area (Å²) >= 11 is 0. The number of hydrogen-bond donors (Lipinski definition) is 7. The zero-order valence-corrected chi connectivity index (χ0v) is 12.5. The molecule has 0 aromatic rings. The second kappa shape index (κ2) is 7.66. The van der Waals surface area contributed by atoms with Crippen molar-refractivity contribution in [2.24, 2.45) is 0 Å². The second-order valence-electron chi connectivity index (χ2n) is 5.62. The SMILES string of the molecule is [2H][C@@]1(O[C@@H]2OC(CO)[C@@H](O)[C@H](O)C2O)OC(CC)[C@@H](O)C(O)C1O. The molecule has 2 saturated heterocycles. The van der Waals surface area contributed by atoms with Gasteiger partial charge in [-0.05, 0) is 6.42 Å². The molecule has 10 nitrogen and oxygen atoms in total. The molecule has 0 bridgehead atoms. The monoisotopic (exact) mass is 341 g/mol. The van der Waals surface area contributed by atoms with E-state index >= 15 is 0 Å². The van der Waals surface area contributed by atoms with Gasteiger partial charge in [0.25, 0.3) is 0 Å². The molecule has 0 aromatic heterocycles. The number of hydrogen-bond acceptors (Lipinski definition) is 10. The van der Waals surface area contributed by atoms with E-state index in [-0.39, 0.29) is 6.42 Å². The van der Waals surface area contributed by atoms with Crippen LogP contribution in [0.4, 0.5) is 0 Å². The third-order valence-corrected chi connectivity index (χ3v) is 4.05.